The van der Waals surface area contributed by atoms with Gasteiger partial charge in [-0.1, -0.05) is 31.4 Å². The average Bonchev–Trinajstić information content (AvgIpc) is 2.78. The molecule has 3 N–H and O–H groups in total. The Hall–Kier alpha value is -3.18. The van der Waals surface area contributed by atoms with Crippen LogP contribution in [0.5, 0.6) is 5.75 Å². The van der Waals surface area contributed by atoms with E-state index < -0.39 is 0 Å². The maximum atomic E-state index is 10.9. The van der Waals surface area contributed by atoms with Gasteiger partial charge in [0.1, 0.15) is 11.6 Å². The minimum atomic E-state index is 0.194. The highest BCUT2D eigenvalue weighted by molar-refractivity contribution is 6.00. The second kappa shape index (κ2) is 8.67. The first kappa shape index (κ1) is 20.1. The Labute approximate surface area is 176 Å². The van der Waals surface area contributed by atoms with Crippen molar-refractivity contribution >= 4 is 28.2 Å². The Bertz CT molecular complexity index is 1080. The van der Waals surface area contributed by atoms with Crippen molar-refractivity contribution in [3.8, 4) is 17.0 Å². The van der Waals surface area contributed by atoms with E-state index in [4.69, 9.17) is 15.5 Å². The third-order valence-electron chi connectivity index (χ3n) is 5.83. The molecule has 0 amide bonds. The summed E-state index contributed by atoms with van der Waals surface area (Å²) >= 11 is 0. The first-order valence-electron chi connectivity index (χ1n) is 10.3. The molecule has 1 saturated heterocycles. The van der Waals surface area contributed by atoms with E-state index in [-0.39, 0.29) is 5.75 Å². The standard InChI is InChI=1S/C25H27N3O2/c1-3-18-6-7-19-14-21(20-8-9-22(26)27-15-20)28-24(23(19)25(18)29)16(2)4-5-17-10-12-30-13-11-17/h3,6-9,14-15,17,29H,1-2,4-5,10-13H2,(H2,26,27). The van der Waals surface area contributed by atoms with Crippen LogP contribution in [-0.2, 0) is 4.74 Å². The van der Waals surface area contributed by atoms with Crippen LogP contribution in [0.25, 0.3) is 33.7 Å². The number of anilines is 1. The minimum Gasteiger partial charge on any atom is -0.507 e. The molecule has 1 fully saturated rings. The zero-order valence-electron chi connectivity index (χ0n) is 17.1. The number of phenolic OH excluding ortho intramolecular Hbond substituents is 1. The van der Waals surface area contributed by atoms with Crippen LogP contribution in [0.4, 0.5) is 5.82 Å². The smallest absolute Gasteiger partial charge is 0.132 e. The molecule has 1 aliphatic heterocycles. The van der Waals surface area contributed by atoms with Crippen LogP contribution in [0.3, 0.4) is 0 Å². The number of hydrogen-bond acceptors (Lipinski definition) is 5. The number of ether oxygens (including phenoxy) is 1. The van der Waals surface area contributed by atoms with Crippen LogP contribution in [0.2, 0.25) is 0 Å². The monoisotopic (exact) mass is 401 g/mol. The van der Waals surface area contributed by atoms with Crippen molar-refractivity contribution in [3.05, 3.63) is 60.9 Å². The molecule has 5 nitrogen and oxygen atoms in total. The Morgan fingerprint density at radius 3 is 2.73 bits per heavy atom. The summed E-state index contributed by atoms with van der Waals surface area (Å²) in [7, 11) is 0. The molecule has 2 aromatic heterocycles. The van der Waals surface area contributed by atoms with Gasteiger partial charge in [0.2, 0.25) is 0 Å². The number of nitrogens with two attached hydrogens (primary N) is 1. The number of nitrogens with zero attached hydrogens (tertiary/aromatic N) is 2. The van der Waals surface area contributed by atoms with Gasteiger partial charge < -0.3 is 15.6 Å². The SMILES string of the molecule is C=Cc1ccc2cc(-c3ccc(N)nc3)nc(C(=C)CCC3CCOCC3)c2c1O. The van der Waals surface area contributed by atoms with Crippen molar-refractivity contribution in [2.45, 2.75) is 25.7 Å². The van der Waals surface area contributed by atoms with Crippen LogP contribution >= 0.6 is 0 Å². The van der Waals surface area contributed by atoms with Gasteiger partial charge in [-0.05, 0) is 60.8 Å². The molecule has 30 heavy (non-hydrogen) atoms. The number of benzene rings is 1. The van der Waals surface area contributed by atoms with Crippen molar-refractivity contribution in [1.29, 1.82) is 0 Å². The molecule has 0 saturated carbocycles. The van der Waals surface area contributed by atoms with Crippen molar-refractivity contribution < 1.29 is 9.84 Å². The predicted octanol–water partition coefficient (Wildman–Crippen LogP) is 5.45. The van der Waals surface area contributed by atoms with E-state index in [9.17, 15) is 5.11 Å². The lowest BCUT2D eigenvalue weighted by atomic mass is 9.91. The first-order valence-corrected chi connectivity index (χ1v) is 10.3. The molecular formula is C25H27N3O2. The van der Waals surface area contributed by atoms with Crippen LogP contribution in [0, 0.1) is 5.92 Å². The fraction of sp³-hybridized carbons (Fsp3) is 0.280. The lowest BCUT2D eigenvalue weighted by molar-refractivity contribution is 0.0644. The third kappa shape index (κ3) is 4.07. The topological polar surface area (TPSA) is 81.3 Å². The fourth-order valence-electron chi connectivity index (χ4n) is 4.01. The summed E-state index contributed by atoms with van der Waals surface area (Å²) < 4.78 is 5.47. The summed E-state index contributed by atoms with van der Waals surface area (Å²) in [6.45, 7) is 9.82. The van der Waals surface area contributed by atoms with Gasteiger partial charge in [-0.15, -0.1) is 0 Å². The molecule has 3 aromatic rings. The Morgan fingerprint density at radius 1 is 1.23 bits per heavy atom. The molecule has 3 heterocycles. The molecular weight excluding hydrogens is 374 g/mol. The molecule has 0 bridgehead atoms. The van der Waals surface area contributed by atoms with E-state index in [2.05, 4.69) is 18.1 Å². The Morgan fingerprint density at radius 2 is 2.03 bits per heavy atom. The number of aromatic nitrogens is 2. The molecule has 0 atom stereocenters. The second-order valence-electron chi connectivity index (χ2n) is 7.83. The number of nitrogen functional groups attached to an aromatic ring is 1. The van der Waals surface area contributed by atoms with E-state index in [0.717, 1.165) is 72.2 Å². The summed E-state index contributed by atoms with van der Waals surface area (Å²) in [4.78, 5) is 9.09. The number of rotatable bonds is 6. The molecule has 0 aliphatic carbocycles. The van der Waals surface area contributed by atoms with Gasteiger partial charge in [0, 0.05) is 30.5 Å². The minimum absolute atomic E-state index is 0.194. The fourth-order valence-corrected chi connectivity index (χ4v) is 4.01. The summed E-state index contributed by atoms with van der Waals surface area (Å²) in [5.41, 5.74) is 9.73. The Balaban J connectivity index is 1.76. The second-order valence-corrected chi connectivity index (χ2v) is 7.83. The molecule has 154 valence electrons. The largest absolute Gasteiger partial charge is 0.507 e. The van der Waals surface area contributed by atoms with Gasteiger partial charge >= 0.3 is 0 Å². The van der Waals surface area contributed by atoms with Gasteiger partial charge in [-0.3, -0.25) is 0 Å². The highest BCUT2D eigenvalue weighted by Gasteiger charge is 2.18. The molecule has 0 radical (unpaired) electrons. The third-order valence-corrected chi connectivity index (χ3v) is 5.83. The van der Waals surface area contributed by atoms with Crippen molar-refractivity contribution in [2.24, 2.45) is 5.92 Å². The lowest BCUT2D eigenvalue weighted by Crippen LogP contribution is -2.15. The Kier molecular flexibility index (Phi) is 5.81. The summed E-state index contributed by atoms with van der Waals surface area (Å²) in [6, 6.07) is 9.48. The van der Waals surface area contributed by atoms with Crippen LogP contribution in [0.1, 0.15) is 36.9 Å². The normalized spacial score (nSPS) is 14.7. The molecule has 4 rings (SSSR count). The van der Waals surface area contributed by atoms with Crippen molar-refractivity contribution in [2.75, 3.05) is 18.9 Å². The van der Waals surface area contributed by atoms with Gasteiger partial charge in [0.15, 0.2) is 0 Å². The molecule has 1 aliphatic rings. The summed E-state index contributed by atoms with van der Waals surface area (Å²) in [5, 5.41) is 12.5. The van der Waals surface area contributed by atoms with Crippen molar-refractivity contribution in [3.63, 3.8) is 0 Å². The van der Waals surface area contributed by atoms with Crippen LogP contribution in [0.15, 0.2) is 49.7 Å². The zero-order chi connectivity index (χ0) is 21.1. The average molecular weight is 402 g/mol. The molecule has 0 unspecified atom stereocenters. The van der Waals surface area contributed by atoms with Gasteiger partial charge in [0.05, 0.1) is 16.8 Å². The number of hydrogen-bond donors (Lipinski definition) is 2. The highest BCUT2D eigenvalue weighted by atomic mass is 16.5. The maximum absolute atomic E-state index is 10.9. The summed E-state index contributed by atoms with van der Waals surface area (Å²) in [5.74, 6) is 1.30. The quantitative estimate of drug-likeness (QED) is 0.574. The number of pyridine rings is 2. The van der Waals surface area contributed by atoms with E-state index in [1.165, 1.54) is 0 Å². The maximum Gasteiger partial charge on any atom is 0.132 e. The van der Waals surface area contributed by atoms with Crippen molar-refractivity contribution in [1.82, 2.24) is 9.97 Å². The number of allylic oxidation sites excluding steroid dienone is 1. The van der Waals surface area contributed by atoms with E-state index in [1.807, 2.05) is 24.3 Å². The van der Waals surface area contributed by atoms with Gasteiger partial charge in [-0.25, -0.2) is 9.97 Å². The van der Waals surface area contributed by atoms with Crippen LogP contribution < -0.4 is 5.73 Å². The summed E-state index contributed by atoms with van der Waals surface area (Å²) in [6.07, 6.45) is 7.42. The van der Waals surface area contributed by atoms with E-state index >= 15 is 0 Å². The molecule has 0 spiro atoms. The van der Waals surface area contributed by atoms with Gasteiger partial charge in [0.25, 0.3) is 0 Å². The lowest BCUT2D eigenvalue weighted by Gasteiger charge is -2.22. The predicted molar refractivity (Wildman–Crippen MR) is 123 cm³/mol. The number of phenols is 1. The number of aromatic hydroxyl groups is 1. The highest BCUT2D eigenvalue weighted by Crippen LogP contribution is 2.38. The van der Waals surface area contributed by atoms with Crippen LogP contribution in [-0.4, -0.2) is 28.3 Å². The zero-order valence-corrected chi connectivity index (χ0v) is 17.1. The molecule has 1 aromatic carbocycles. The van der Waals surface area contributed by atoms with E-state index in [0.29, 0.717) is 17.3 Å². The first-order chi connectivity index (χ1) is 14.6. The van der Waals surface area contributed by atoms with Gasteiger partial charge in [-0.2, -0.15) is 0 Å². The number of fused-ring (bicyclic) bond motifs is 1. The van der Waals surface area contributed by atoms with E-state index in [1.54, 1.807) is 18.3 Å². The molecule has 5 heteroatoms.